The predicted octanol–water partition coefficient (Wildman–Crippen LogP) is 2.49. The molecule has 1 heterocycles. The van der Waals surface area contributed by atoms with Crippen LogP contribution in [0.25, 0.3) is 0 Å². The Labute approximate surface area is 162 Å². The average molecular weight is 390 g/mol. The summed E-state index contributed by atoms with van der Waals surface area (Å²) < 4.78 is 31.5. The number of β-amino-alcohol motifs (C(OH)–C–C–N with tert-alkyl or cyclic N) is 1. The van der Waals surface area contributed by atoms with Gasteiger partial charge in [-0.3, -0.25) is 9.69 Å². The second-order valence-corrected chi connectivity index (χ2v) is 7.18. The van der Waals surface area contributed by atoms with Crippen molar-refractivity contribution in [2.45, 2.75) is 25.0 Å². The van der Waals surface area contributed by atoms with Gasteiger partial charge in [0.05, 0.1) is 6.54 Å². The van der Waals surface area contributed by atoms with Crippen molar-refractivity contribution in [1.29, 1.82) is 0 Å². The van der Waals surface area contributed by atoms with Crippen LogP contribution in [-0.4, -0.2) is 47.8 Å². The van der Waals surface area contributed by atoms with E-state index in [4.69, 9.17) is 4.74 Å². The number of carbonyl (C=O) groups is 1. The number of hydrogen-bond donors (Lipinski definition) is 2. The predicted molar refractivity (Wildman–Crippen MR) is 101 cm³/mol. The topological polar surface area (TPSA) is 61.8 Å². The van der Waals surface area contributed by atoms with Crippen molar-refractivity contribution in [2.75, 3.05) is 26.2 Å². The van der Waals surface area contributed by atoms with Gasteiger partial charge < -0.3 is 15.2 Å². The van der Waals surface area contributed by atoms with Gasteiger partial charge in [-0.15, -0.1) is 0 Å². The van der Waals surface area contributed by atoms with Crippen molar-refractivity contribution in [3.8, 4) is 5.75 Å². The summed E-state index contributed by atoms with van der Waals surface area (Å²) in [4.78, 5) is 14.1. The smallest absolute Gasteiger partial charge is 0.234 e. The molecule has 0 aliphatic carbocycles. The number of nitrogens with zero attached hydrogens (tertiary/aromatic N) is 1. The Hall–Kier alpha value is -2.51. The molecule has 2 N–H and O–H groups in total. The van der Waals surface area contributed by atoms with E-state index in [1.807, 2.05) is 4.90 Å². The Bertz CT molecular complexity index is 783. The Kier molecular flexibility index (Phi) is 6.59. The number of amides is 1. The van der Waals surface area contributed by atoms with Crippen molar-refractivity contribution in [3.05, 3.63) is 65.7 Å². The third-order valence-corrected chi connectivity index (χ3v) is 4.73. The van der Waals surface area contributed by atoms with E-state index < -0.39 is 5.60 Å². The first-order chi connectivity index (χ1) is 13.4. The number of carbonyl (C=O) groups excluding carboxylic acids is 1. The van der Waals surface area contributed by atoms with Crippen LogP contribution in [0.3, 0.4) is 0 Å². The summed E-state index contributed by atoms with van der Waals surface area (Å²) in [6, 6.07) is 11.6. The maximum atomic E-state index is 13.0. The number of likely N-dealkylation sites (tertiary alicyclic amines) is 1. The Balaban J connectivity index is 1.45. The highest BCUT2D eigenvalue weighted by Gasteiger charge is 2.34. The van der Waals surface area contributed by atoms with Gasteiger partial charge in [-0.25, -0.2) is 8.78 Å². The van der Waals surface area contributed by atoms with Crippen molar-refractivity contribution in [3.63, 3.8) is 0 Å². The van der Waals surface area contributed by atoms with Gasteiger partial charge >= 0.3 is 0 Å². The van der Waals surface area contributed by atoms with Crippen molar-refractivity contribution < 1.29 is 23.4 Å². The quantitative estimate of drug-likeness (QED) is 0.763. The zero-order valence-electron chi connectivity index (χ0n) is 15.5. The van der Waals surface area contributed by atoms with Crippen LogP contribution in [-0.2, 0) is 11.3 Å². The molecule has 7 heteroatoms. The molecule has 0 radical (unpaired) electrons. The Morgan fingerprint density at radius 3 is 2.43 bits per heavy atom. The van der Waals surface area contributed by atoms with E-state index in [-0.39, 0.29) is 30.7 Å². The minimum Gasteiger partial charge on any atom is -0.491 e. The number of hydrogen-bond acceptors (Lipinski definition) is 4. The van der Waals surface area contributed by atoms with Crippen LogP contribution >= 0.6 is 0 Å². The van der Waals surface area contributed by atoms with Gasteiger partial charge in [-0.2, -0.15) is 0 Å². The maximum Gasteiger partial charge on any atom is 0.234 e. The molecule has 0 saturated carbocycles. The lowest BCUT2D eigenvalue weighted by molar-refractivity contribution is -0.124. The van der Waals surface area contributed by atoms with E-state index in [1.54, 1.807) is 12.1 Å². The number of nitrogens with one attached hydrogen (secondary N) is 1. The molecule has 0 spiro atoms. The molecule has 1 fully saturated rings. The SMILES string of the molecule is O=C(CN1CCCC(O)(COc2ccc(F)cc2)C1)NCc1ccc(F)cc1. The number of ether oxygens (including phenoxy) is 1. The van der Waals surface area contributed by atoms with E-state index in [1.165, 1.54) is 36.4 Å². The lowest BCUT2D eigenvalue weighted by Gasteiger charge is -2.38. The lowest BCUT2D eigenvalue weighted by Crippen LogP contribution is -2.53. The molecular weight excluding hydrogens is 366 g/mol. The standard InChI is InChI=1S/C21H24F2N2O3/c22-17-4-2-16(3-5-17)12-24-20(26)13-25-11-1-10-21(27,14-25)15-28-19-8-6-18(23)7-9-19/h2-9,27H,1,10-15H2,(H,24,26). The number of benzene rings is 2. The summed E-state index contributed by atoms with van der Waals surface area (Å²) in [5.41, 5.74) is -0.248. The van der Waals surface area contributed by atoms with E-state index in [0.29, 0.717) is 31.8 Å². The van der Waals surface area contributed by atoms with Crippen LogP contribution in [0, 0.1) is 11.6 Å². The monoisotopic (exact) mass is 390 g/mol. The molecular formula is C21H24F2N2O3. The van der Waals surface area contributed by atoms with E-state index in [2.05, 4.69) is 5.32 Å². The van der Waals surface area contributed by atoms with Crippen molar-refractivity contribution in [1.82, 2.24) is 10.2 Å². The molecule has 3 rings (SSSR count). The van der Waals surface area contributed by atoms with Crippen LogP contribution < -0.4 is 10.1 Å². The van der Waals surface area contributed by atoms with Gasteiger partial charge in [0.1, 0.15) is 29.6 Å². The molecule has 5 nitrogen and oxygen atoms in total. The average Bonchev–Trinajstić information content (AvgIpc) is 2.67. The molecule has 1 aliphatic heterocycles. The van der Waals surface area contributed by atoms with Gasteiger partial charge in [0.2, 0.25) is 5.91 Å². The van der Waals surface area contributed by atoms with Gasteiger partial charge in [0, 0.05) is 13.1 Å². The highest BCUT2D eigenvalue weighted by molar-refractivity contribution is 5.78. The third kappa shape index (κ3) is 6.00. The fourth-order valence-electron chi connectivity index (χ4n) is 3.27. The minimum absolute atomic E-state index is 0.0757. The summed E-state index contributed by atoms with van der Waals surface area (Å²) >= 11 is 0. The first-order valence-electron chi connectivity index (χ1n) is 9.26. The highest BCUT2D eigenvalue weighted by atomic mass is 19.1. The van der Waals surface area contributed by atoms with Gasteiger partial charge in [0.15, 0.2) is 0 Å². The zero-order valence-corrected chi connectivity index (χ0v) is 15.5. The molecule has 2 aromatic rings. The summed E-state index contributed by atoms with van der Waals surface area (Å²) in [5.74, 6) is -0.330. The van der Waals surface area contributed by atoms with Crippen molar-refractivity contribution >= 4 is 5.91 Å². The first kappa shape index (κ1) is 20.2. The normalized spacial score (nSPS) is 20.0. The molecule has 1 aliphatic rings. The Morgan fingerprint density at radius 1 is 1.11 bits per heavy atom. The number of rotatable bonds is 7. The number of aliphatic hydroxyl groups is 1. The fourth-order valence-corrected chi connectivity index (χ4v) is 3.27. The lowest BCUT2D eigenvalue weighted by atomic mass is 9.93. The zero-order chi connectivity index (χ0) is 20.0. The molecule has 1 saturated heterocycles. The number of halogens is 2. The first-order valence-corrected chi connectivity index (χ1v) is 9.26. The second kappa shape index (κ2) is 9.12. The largest absolute Gasteiger partial charge is 0.491 e. The van der Waals surface area contributed by atoms with Crippen LogP contribution in [0.15, 0.2) is 48.5 Å². The summed E-state index contributed by atoms with van der Waals surface area (Å²) in [6.45, 7) is 1.60. The van der Waals surface area contributed by atoms with E-state index in [0.717, 1.165) is 12.0 Å². The third-order valence-electron chi connectivity index (χ3n) is 4.73. The second-order valence-electron chi connectivity index (χ2n) is 7.18. The molecule has 1 atom stereocenters. The molecule has 0 bridgehead atoms. The highest BCUT2D eigenvalue weighted by Crippen LogP contribution is 2.23. The van der Waals surface area contributed by atoms with Crippen LogP contribution in [0.1, 0.15) is 18.4 Å². The minimum atomic E-state index is -1.07. The Morgan fingerprint density at radius 2 is 1.75 bits per heavy atom. The van der Waals surface area contributed by atoms with Crippen LogP contribution in [0.2, 0.25) is 0 Å². The summed E-state index contributed by atoms with van der Waals surface area (Å²) in [6.07, 6.45) is 1.32. The molecule has 2 aromatic carbocycles. The number of piperidine rings is 1. The van der Waals surface area contributed by atoms with E-state index in [9.17, 15) is 18.7 Å². The molecule has 1 amide bonds. The summed E-state index contributed by atoms with van der Waals surface area (Å²) in [7, 11) is 0. The summed E-state index contributed by atoms with van der Waals surface area (Å²) in [5, 5.41) is 13.6. The fraction of sp³-hybridized carbons (Fsp3) is 0.381. The maximum absolute atomic E-state index is 13.0. The molecule has 150 valence electrons. The van der Waals surface area contributed by atoms with Gasteiger partial charge in [0.25, 0.3) is 0 Å². The molecule has 0 aromatic heterocycles. The molecule has 28 heavy (non-hydrogen) atoms. The van der Waals surface area contributed by atoms with Crippen LogP contribution in [0.5, 0.6) is 5.75 Å². The van der Waals surface area contributed by atoms with Crippen LogP contribution in [0.4, 0.5) is 8.78 Å². The van der Waals surface area contributed by atoms with Gasteiger partial charge in [-0.05, 0) is 61.3 Å². The molecule has 1 unspecified atom stereocenters. The van der Waals surface area contributed by atoms with Crippen molar-refractivity contribution in [2.24, 2.45) is 0 Å². The van der Waals surface area contributed by atoms with E-state index >= 15 is 0 Å². The van der Waals surface area contributed by atoms with Gasteiger partial charge in [-0.1, -0.05) is 12.1 Å².